The Bertz CT molecular complexity index is 890. The molecule has 0 aromatic heterocycles. The van der Waals surface area contributed by atoms with Crippen molar-refractivity contribution in [1.82, 2.24) is 10.2 Å². The Morgan fingerprint density at radius 2 is 1.93 bits per heavy atom. The Hall–Kier alpha value is -2.77. The van der Waals surface area contributed by atoms with Crippen LogP contribution in [0.3, 0.4) is 0 Å². The van der Waals surface area contributed by atoms with Crippen LogP contribution in [0.1, 0.15) is 17.2 Å². The maximum atomic E-state index is 12.4. The normalized spacial score (nSPS) is 20.6. The molecule has 1 heterocycles. The van der Waals surface area contributed by atoms with Gasteiger partial charge in [-0.1, -0.05) is 30.3 Å². The number of nitrogens with one attached hydrogen (secondary N) is 2. The molecule has 148 valence electrons. The fourth-order valence-electron chi connectivity index (χ4n) is 3.74. The number of anilines is 2. The zero-order valence-electron chi connectivity index (χ0n) is 15.6. The molecule has 28 heavy (non-hydrogen) atoms. The second-order valence-corrected chi connectivity index (χ2v) is 7.04. The molecule has 0 spiro atoms. The quantitative estimate of drug-likeness (QED) is 0.738. The number of benzene rings is 2. The molecule has 0 saturated carbocycles. The summed E-state index contributed by atoms with van der Waals surface area (Å²) in [5.41, 5.74) is 9.94. The number of carbonyl (C=O) groups excluding carboxylic acids is 2. The van der Waals surface area contributed by atoms with Crippen molar-refractivity contribution in [2.75, 3.05) is 30.4 Å². The Morgan fingerprint density at radius 1 is 1.14 bits per heavy atom. The standard InChI is InChI=1S/C20H23N5O2.ClH/c1-24-9-10-25(20(24)27)15-7-4-6-14(12-15)22-19(26)23-17-11-13-5-2-3-8-16(13)18(17)21;/h2-8,12,17-18H,9-11,21H2,1H3,(H2,22,23,26);1H/t17-,18-;/m0./s1. The van der Waals surface area contributed by atoms with Crippen LogP contribution in [0.25, 0.3) is 0 Å². The Labute approximate surface area is 170 Å². The van der Waals surface area contributed by atoms with Crippen LogP contribution in [0.2, 0.25) is 0 Å². The molecular weight excluding hydrogens is 378 g/mol. The minimum absolute atomic E-state index is 0. The maximum Gasteiger partial charge on any atom is 0.324 e. The third-order valence-corrected chi connectivity index (χ3v) is 5.24. The molecule has 4 amide bonds. The number of halogens is 1. The minimum atomic E-state index is -0.301. The van der Waals surface area contributed by atoms with E-state index < -0.39 is 0 Å². The molecule has 7 nitrogen and oxygen atoms in total. The van der Waals surface area contributed by atoms with E-state index in [2.05, 4.69) is 10.6 Å². The number of urea groups is 2. The lowest BCUT2D eigenvalue weighted by molar-refractivity contribution is 0.229. The third-order valence-electron chi connectivity index (χ3n) is 5.24. The Kier molecular flexibility index (Phi) is 5.76. The number of carbonyl (C=O) groups is 2. The molecule has 2 atom stereocenters. The summed E-state index contributed by atoms with van der Waals surface area (Å²) < 4.78 is 0. The van der Waals surface area contributed by atoms with E-state index in [-0.39, 0.29) is 36.6 Å². The van der Waals surface area contributed by atoms with Crippen molar-refractivity contribution in [1.29, 1.82) is 0 Å². The summed E-state index contributed by atoms with van der Waals surface area (Å²) in [5, 5.41) is 5.81. The van der Waals surface area contributed by atoms with Crippen LogP contribution in [0.15, 0.2) is 48.5 Å². The second kappa shape index (κ2) is 8.08. The van der Waals surface area contributed by atoms with E-state index in [0.717, 1.165) is 17.7 Å². The van der Waals surface area contributed by atoms with E-state index in [1.807, 2.05) is 36.4 Å². The van der Waals surface area contributed by atoms with Crippen molar-refractivity contribution in [2.24, 2.45) is 5.73 Å². The van der Waals surface area contributed by atoms with Crippen LogP contribution in [-0.2, 0) is 6.42 Å². The molecule has 4 N–H and O–H groups in total. The number of nitrogens with zero attached hydrogens (tertiary/aromatic N) is 2. The molecule has 0 bridgehead atoms. The van der Waals surface area contributed by atoms with Crippen molar-refractivity contribution in [3.63, 3.8) is 0 Å². The van der Waals surface area contributed by atoms with Crippen LogP contribution in [0, 0.1) is 0 Å². The molecular formula is C20H24ClN5O2. The van der Waals surface area contributed by atoms with Gasteiger partial charge in [0.25, 0.3) is 0 Å². The van der Waals surface area contributed by atoms with Gasteiger partial charge in [0.1, 0.15) is 0 Å². The van der Waals surface area contributed by atoms with Crippen LogP contribution >= 0.6 is 12.4 Å². The number of rotatable bonds is 3. The van der Waals surface area contributed by atoms with Gasteiger partial charge in [0.15, 0.2) is 0 Å². The predicted octanol–water partition coefficient (Wildman–Crippen LogP) is 2.73. The number of amides is 4. The van der Waals surface area contributed by atoms with Crippen LogP contribution in [-0.4, -0.2) is 43.1 Å². The first-order valence-corrected chi connectivity index (χ1v) is 9.06. The summed E-state index contributed by atoms with van der Waals surface area (Å²) in [6, 6.07) is 14.6. The van der Waals surface area contributed by atoms with Crippen molar-refractivity contribution >= 4 is 35.8 Å². The predicted molar refractivity (Wildman–Crippen MR) is 112 cm³/mol. The van der Waals surface area contributed by atoms with Gasteiger partial charge in [0, 0.05) is 31.5 Å². The second-order valence-electron chi connectivity index (χ2n) is 7.04. The fourth-order valence-corrected chi connectivity index (χ4v) is 3.74. The highest BCUT2D eigenvalue weighted by atomic mass is 35.5. The number of likely N-dealkylation sites (N-methyl/N-ethyl adjacent to an activating group) is 1. The van der Waals surface area contributed by atoms with Gasteiger partial charge in [-0.15, -0.1) is 12.4 Å². The number of fused-ring (bicyclic) bond motifs is 1. The van der Waals surface area contributed by atoms with Gasteiger partial charge in [-0.25, -0.2) is 9.59 Å². The summed E-state index contributed by atoms with van der Waals surface area (Å²) in [5.74, 6) is 0. The summed E-state index contributed by atoms with van der Waals surface area (Å²) in [4.78, 5) is 28.0. The molecule has 1 fully saturated rings. The van der Waals surface area contributed by atoms with E-state index in [1.165, 1.54) is 5.56 Å². The fraction of sp³-hybridized carbons (Fsp3) is 0.300. The SMILES string of the molecule is CN1CCN(c2cccc(NC(=O)N[C@H]3Cc4ccccc4[C@@H]3N)c2)C1=O.Cl. The van der Waals surface area contributed by atoms with Gasteiger partial charge < -0.3 is 21.3 Å². The van der Waals surface area contributed by atoms with E-state index in [9.17, 15) is 9.59 Å². The van der Waals surface area contributed by atoms with Gasteiger partial charge in [-0.05, 0) is 35.7 Å². The average Bonchev–Trinajstić information content (AvgIpc) is 3.15. The highest BCUT2D eigenvalue weighted by molar-refractivity contribution is 5.95. The smallest absolute Gasteiger partial charge is 0.324 e. The summed E-state index contributed by atoms with van der Waals surface area (Å²) in [6.07, 6.45) is 0.722. The lowest BCUT2D eigenvalue weighted by Crippen LogP contribution is -2.42. The molecule has 2 aromatic carbocycles. The molecule has 2 aliphatic rings. The first-order valence-electron chi connectivity index (χ1n) is 9.06. The maximum absolute atomic E-state index is 12.4. The number of hydrogen-bond acceptors (Lipinski definition) is 3. The molecule has 0 radical (unpaired) electrons. The third kappa shape index (κ3) is 3.76. The Morgan fingerprint density at radius 3 is 2.64 bits per heavy atom. The Balaban J connectivity index is 0.00000225. The molecule has 1 saturated heterocycles. The number of hydrogen-bond donors (Lipinski definition) is 3. The monoisotopic (exact) mass is 401 g/mol. The van der Waals surface area contributed by atoms with Gasteiger partial charge in [-0.3, -0.25) is 4.90 Å². The van der Waals surface area contributed by atoms with E-state index >= 15 is 0 Å². The summed E-state index contributed by atoms with van der Waals surface area (Å²) >= 11 is 0. The topological polar surface area (TPSA) is 90.7 Å². The first-order chi connectivity index (χ1) is 13.0. The van der Waals surface area contributed by atoms with Gasteiger partial charge in [0.2, 0.25) is 0 Å². The lowest BCUT2D eigenvalue weighted by Gasteiger charge is -2.19. The first kappa shape index (κ1) is 20.0. The van der Waals surface area contributed by atoms with Gasteiger partial charge in [0.05, 0.1) is 12.1 Å². The van der Waals surface area contributed by atoms with Crippen LogP contribution < -0.4 is 21.3 Å². The minimum Gasteiger partial charge on any atom is -0.333 e. The van der Waals surface area contributed by atoms with Crippen LogP contribution in [0.4, 0.5) is 21.0 Å². The van der Waals surface area contributed by atoms with E-state index in [1.54, 1.807) is 29.0 Å². The van der Waals surface area contributed by atoms with Crippen molar-refractivity contribution in [3.05, 3.63) is 59.7 Å². The molecule has 4 rings (SSSR count). The van der Waals surface area contributed by atoms with Crippen molar-refractivity contribution in [2.45, 2.75) is 18.5 Å². The average molecular weight is 402 g/mol. The van der Waals surface area contributed by atoms with Crippen molar-refractivity contribution in [3.8, 4) is 0 Å². The zero-order chi connectivity index (χ0) is 19.0. The van der Waals surface area contributed by atoms with Crippen molar-refractivity contribution < 1.29 is 9.59 Å². The molecule has 1 aliphatic heterocycles. The highest BCUT2D eigenvalue weighted by Crippen LogP contribution is 2.29. The van der Waals surface area contributed by atoms with E-state index in [4.69, 9.17) is 5.73 Å². The van der Waals surface area contributed by atoms with E-state index in [0.29, 0.717) is 18.8 Å². The summed E-state index contributed by atoms with van der Waals surface area (Å²) in [6.45, 7) is 1.33. The van der Waals surface area contributed by atoms with Gasteiger partial charge in [-0.2, -0.15) is 0 Å². The van der Waals surface area contributed by atoms with Gasteiger partial charge >= 0.3 is 12.1 Å². The number of nitrogens with two attached hydrogens (primary N) is 1. The molecule has 2 aromatic rings. The highest BCUT2D eigenvalue weighted by Gasteiger charge is 2.30. The zero-order valence-corrected chi connectivity index (χ0v) is 16.4. The summed E-state index contributed by atoms with van der Waals surface area (Å²) in [7, 11) is 1.78. The lowest BCUT2D eigenvalue weighted by atomic mass is 10.1. The molecule has 8 heteroatoms. The molecule has 1 aliphatic carbocycles. The largest absolute Gasteiger partial charge is 0.333 e. The molecule has 0 unspecified atom stereocenters. The van der Waals surface area contributed by atoms with Crippen LogP contribution in [0.5, 0.6) is 0 Å².